The Balaban J connectivity index is 1.98. The molecule has 1 fully saturated rings. The third-order valence-electron chi connectivity index (χ3n) is 3.13. The molecular formula is C11H16ClN3. The van der Waals surface area contributed by atoms with Crippen LogP contribution in [-0.2, 0) is 0 Å². The van der Waals surface area contributed by atoms with E-state index >= 15 is 0 Å². The molecule has 2 rings (SSSR count). The highest BCUT2D eigenvalue weighted by Crippen LogP contribution is 2.23. The largest absolute Gasteiger partial charge is 0.355 e. The van der Waals surface area contributed by atoms with Crippen LogP contribution in [0.4, 0.5) is 5.82 Å². The van der Waals surface area contributed by atoms with Crippen LogP contribution in [0.15, 0.2) is 12.1 Å². The first-order chi connectivity index (χ1) is 7.29. The molecule has 0 spiro atoms. The highest BCUT2D eigenvalue weighted by atomic mass is 35.5. The van der Waals surface area contributed by atoms with Crippen LogP contribution in [0.25, 0.3) is 0 Å². The molecule has 2 heterocycles. The van der Waals surface area contributed by atoms with Gasteiger partial charge in [-0.2, -0.15) is 0 Å². The number of piperidine rings is 1. The van der Waals surface area contributed by atoms with Crippen LogP contribution in [0.5, 0.6) is 0 Å². The van der Waals surface area contributed by atoms with Gasteiger partial charge in [0.2, 0.25) is 0 Å². The molecular weight excluding hydrogens is 210 g/mol. The monoisotopic (exact) mass is 225 g/mol. The molecule has 4 heteroatoms. The second-order valence-electron chi connectivity index (χ2n) is 4.05. The van der Waals surface area contributed by atoms with Crippen molar-refractivity contribution in [2.75, 3.05) is 18.0 Å². The first-order valence-electron chi connectivity index (χ1n) is 5.53. The number of rotatable bonds is 2. The van der Waals surface area contributed by atoms with Gasteiger partial charge in [-0.05, 0) is 30.9 Å². The van der Waals surface area contributed by atoms with Crippen molar-refractivity contribution < 1.29 is 0 Å². The number of halogens is 1. The van der Waals surface area contributed by atoms with Gasteiger partial charge in [0, 0.05) is 13.1 Å². The summed E-state index contributed by atoms with van der Waals surface area (Å²) in [6.07, 6.45) is 3.82. The van der Waals surface area contributed by atoms with E-state index in [-0.39, 0.29) is 0 Å². The van der Waals surface area contributed by atoms with Gasteiger partial charge >= 0.3 is 0 Å². The van der Waals surface area contributed by atoms with E-state index in [1.54, 1.807) is 6.07 Å². The lowest BCUT2D eigenvalue weighted by molar-refractivity contribution is 0.393. The fraction of sp³-hybridized carbons (Fsp3) is 0.636. The maximum Gasteiger partial charge on any atom is 0.151 e. The van der Waals surface area contributed by atoms with Crippen molar-refractivity contribution in [1.82, 2.24) is 10.2 Å². The third kappa shape index (κ3) is 2.59. The SMILES string of the molecule is CCC1CCN(c2ccc(Cl)nn2)CC1. The molecule has 82 valence electrons. The number of anilines is 1. The topological polar surface area (TPSA) is 29.0 Å². The molecule has 1 aromatic rings. The molecule has 0 radical (unpaired) electrons. The Hall–Kier alpha value is -0.830. The normalized spacial score (nSPS) is 18.1. The number of hydrogen-bond acceptors (Lipinski definition) is 3. The molecule has 0 aromatic carbocycles. The van der Waals surface area contributed by atoms with E-state index in [0.717, 1.165) is 24.8 Å². The Kier molecular flexibility index (Phi) is 3.41. The van der Waals surface area contributed by atoms with E-state index in [0.29, 0.717) is 5.15 Å². The van der Waals surface area contributed by atoms with Gasteiger partial charge < -0.3 is 4.90 Å². The van der Waals surface area contributed by atoms with Crippen LogP contribution < -0.4 is 4.90 Å². The predicted molar refractivity (Wildman–Crippen MR) is 62.3 cm³/mol. The zero-order valence-corrected chi connectivity index (χ0v) is 9.74. The summed E-state index contributed by atoms with van der Waals surface area (Å²) < 4.78 is 0. The summed E-state index contributed by atoms with van der Waals surface area (Å²) in [6, 6.07) is 3.75. The predicted octanol–water partition coefficient (Wildman–Crippen LogP) is 2.76. The lowest BCUT2D eigenvalue weighted by Gasteiger charge is -2.31. The van der Waals surface area contributed by atoms with Crippen molar-refractivity contribution in [3.05, 3.63) is 17.3 Å². The van der Waals surface area contributed by atoms with Crippen LogP contribution >= 0.6 is 11.6 Å². The average Bonchev–Trinajstić information content (AvgIpc) is 2.30. The van der Waals surface area contributed by atoms with Gasteiger partial charge in [0.1, 0.15) is 0 Å². The lowest BCUT2D eigenvalue weighted by atomic mass is 9.94. The Morgan fingerprint density at radius 2 is 2.07 bits per heavy atom. The van der Waals surface area contributed by atoms with Crippen molar-refractivity contribution in [1.29, 1.82) is 0 Å². The molecule has 0 unspecified atom stereocenters. The van der Waals surface area contributed by atoms with Gasteiger partial charge in [-0.15, -0.1) is 10.2 Å². The van der Waals surface area contributed by atoms with Crippen LogP contribution in [0, 0.1) is 5.92 Å². The lowest BCUT2D eigenvalue weighted by Crippen LogP contribution is -2.34. The molecule has 1 aromatic heterocycles. The molecule has 3 nitrogen and oxygen atoms in total. The summed E-state index contributed by atoms with van der Waals surface area (Å²) in [5.74, 6) is 1.84. The maximum atomic E-state index is 5.70. The Labute approximate surface area is 95.5 Å². The number of nitrogens with zero attached hydrogens (tertiary/aromatic N) is 3. The standard InChI is InChI=1S/C11H16ClN3/c1-2-9-5-7-15(8-6-9)11-4-3-10(12)13-14-11/h3-4,9H,2,5-8H2,1H3. The Morgan fingerprint density at radius 3 is 2.60 bits per heavy atom. The van der Waals surface area contributed by atoms with E-state index in [9.17, 15) is 0 Å². The molecule has 15 heavy (non-hydrogen) atoms. The van der Waals surface area contributed by atoms with Crippen molar-refractivity contribution in [2.24, 2.45) is 5.92 Å². The van der Waals surface area contributed by atoms with Crippen LogP contribution in [-0.4, -0.2) is 23.3 Å². The molecule has 1 aliphatic heterocycles. The van der Waals surface area contributed by atoms with E-state index in [2.05, 4.69) is 22.0 Å². The summed E-state index contributed by atoms with van der Waals surface area (Å²) in [5, 5.41) is 8.42. The first kappa shape index (κ1) is 10.7. The summed E-state index contributed by atoms with van der Waals surface area (Å²) in [7, 11) is 0. The molecule has 0 atom stereocenters. The average molecular weight is 226 g/mol. The molecule has 0 amide bonds. The van der Waals surface area contributed by atoms with Crippen LogP contribution in [0.2, 0.25) is 5.15 Å². The highest BCUT2D eigenvalue weighted by Gasteiger charge is 2.18. The molecule has 1 saturated heterocycles. The van der Waals surface area contributed by atoms with Gasteiger partial charge in [-0.25, -0.2) is 0 Å². The summed E-state index contributed by atoms with van der Waals surface area (Å²) in [5.41, 5.74) is 0. The van der Waals surface area contributed by atoms with E-state index in [1.807, 2.05) is 6.07 Å². The van der Waals surface area contributed by atoms with Crippen LogP contribution in [0.3, 0.4) is 0 Å². The highest BCUT2D eigenvalue weighted by molar-refractivity contribution is 6.29. The molecule has 0 saturated carbocycles. The minimum absolute atomic E-state index is 0.460. The molecule has 1 aliphatic rings. The summed E-state index contributed by atoms with van der Waals surface area (Å²) >= 11 is 5.70. The smallest absolute Gasteiger partial charge is 0.151 e. The van der Waals surface area contributed by atoms with Gasteiger partial charge in [0.15, 0.2) is 11.0 Å². The second-order valence-corrected chi connectivity index (χ2v) is 4.44. The van der Waals surface area contributed by atoms with E-state index in [4.69, 9.17) is 11.6 Å². The maximum absolute atomic E-state index is 5.70. The fourth-order valence-electron chi connectivity index (χ4n) is 2.05. The third-order valence-corrected chi connectivity index (χ3v) is 3.34. The molecule has 0 bridgehead atoms. The first-order valence-corrected chi connectivity index (χ1v) is 5.91. The Morgan fingerprint density at radius 1 is 1.33 bits per heavy atom. The van der Waals surface area contributed by atoms with Gasteiger partial charge in [-0.1, -0.05) is 24.9 Å². The summed E-state index contributed by atoms with van der Waals surface area (Å²) in [4.78, 5) is 2.29. The number of aromatic nitrogens is 2. The van der Waals surface area contributed by atoms with E-state index < -0.39 is 0 Å². The minimum Gasteiger partial charge on any atom is -0.355 e. The van der Waals surface area contributed by atoms with Crippen molar-refractivity contribution in [2.45, 2.75) is 26.2 Å². The van der Waals surface area contributed by atoms with Gasteiger partial charge in [-0.3, -0.25) is 0 Å². The van der Waals surface area contributed by atoms with Crippen LogP contribution in [0.1, 0.15) is 26.2 Å². The number of hydrogen-bond donors (Lipinski definition) is 0. The Bertz CT molecular complexity index is 304. The zero-order chi connectivity index (χ0) is 10.7. The van der Waals surface area contributed by atoms with Gasteiger partial charge in [0.25, 0.3) is 0 Å². The van der Waals surface area contributed by atoms with E-state index in [1.165, 1.54) is 19.3 Å². The quantitative estimate of drug-likeness (QED) is 0.775. The molecule has 0 aliphatic carbocycles. The van der Waals surface area contributed by atoms with Gasteiger partial charge in [0.05, 0.1) is 0 Å². The fourth-order valence-corrected chi connectivity index (χ4v) is 2.15. The van der Waals surface area contributed by atoms with Crippen molar-refractivity contribution >= 4 is 17.4 Å². The van der Waals surface area contributed by atoms with Crippen molar-refractivity contribution in [3.8, 4) is 0 Å². The zero-order valence-electron chi connectivity index (χ0n) is 8.99. The minimum atomic E-state index is 0.460. The summed E-state index contributed by atoms with van der Waals surface area (Å²) in [6.45, 7) is 4.45. The second kappa shape index (κ2) is 4.79. The molecule has 0 N–H and O–H groups in total. The van der Waals surface area contributed by atoms with Crippen molar-refractivity contribution in [3.63, 3.8) is 0 Å².